The zero-order valence-corrected chi connectivity index (χ0v) is 24.9. The van der Waals surface area contributed by atoms with Crippen molar-refractivity contribution >= 4 is 34.9 Å². The smallest absolute Gasteiger partial charge is 0.197 e. The van der Waals surface area contributed by atoms with Crippen molar-refractivity contribution in [2.24, 2.45) is 5.92 Å². The molecule has 5 aromatic rings. The van der Waals surface area contributed by atoms with Gasteiger partial charge in [-0.05, 0) is 100 Å². The Morgan fingerprint density at radius 2 is 1.70 bits per heavy atom. The molecule has 1 saturated heterocycles. The Morgan fingerprint density at radius 3 is 2.36 bits per heavy atom. The van der Waals surface area contributed by atoms with E-state index in [0.717, 1.165) is 89.7 Å². The van der Waals surface area contributed by atoms with Gasteiger partial charge in [-0.2, -0.15) is 10.3 Å². The molecule has 0 amide bonds. The fourth-order valence-electron chi connectivity index (χ4n) is 6.02. The number of benzene rings is 3. The highest BCUT2D eigenvalue weighted by Crippen LogP contribution is 2.47. The topological polar surface area (TPSA) is 81.5 Å². The van der Waals surface area contributed by atoms with Crippen molar-refractivity contribution in [3.63, 3.8) is 0 Å². The van der Waals surface area contributed by atoms with Crippen LogP contribution >= 0.6 is 11.6 Å². The molecule has 7 nitrogen and oxygen atoms in total. The van der Waals surface area contributed by atoms with Crippen molar-refractivity contribution in [1.29, 1.82) is 0 Å². The van der Waals surface area contributed by atoms with E-state index in [9.17, 15) is 4.39 Å². The minimum Gasteiger partial charge on any atom is -0.357 e. The molecule has 2 aromatic heterocycles. The molecule has 0 bridgehead atoms. The van der Waals surface area contributed by atoms with Crippen LogP contribution in [0.5, 0.6) is 0 Å². The van der Waals surface area contributed by atoms with Gasteiger partial charge in [0.15, 0.2) is 5.82 Å². The summed E-state index contributed by atoms with van der Waals surface area (Å²) in [6, 6.07) is 21.8. The van der Waals surface area contributed by atoms with E-state index < -0.39 is 0 Å². The van der Waals surface area contributed by atoms with E-state index >= 15 is 0 Å². The number of allylic oxidation sites excluding steroid dienone is 1. The van der Waals surface area contributed by atoms with E-state index in [-0.39, 0.29) is 12.0 Å². The summed E-state index contributed by atoms with van der Waals surface area (Å²) in [4.78, 5) is 0. The zero-order chi connectivity index (χ0) is 29.9. The molecule has 2 aliphatic rings. The highest BCUT2D eigenvalue weighted by atomic mass is 35.5. The summed E-state index contributed by atoms with van der Waals surface area (Å²) < 4.78 is 22.0. The van der Waals surface area contributed by atoms with Gasteiger partial charge in [0.25, 0.3) is 0 Å². The largest absolute Gasteiger partial charge is 0.357 e. The number of ether oxygens (including phenoxy) is 1. The van der Waals surface area contributed by atoms with E-state index in [2.05, 4.69) is 80.5 Å². The third-order valence-electron chi connectivity index (χ3n) is 8.55. The quantitative estimate of drug-likeness (QED) is 0.179. The van der Waals surface area contributed by atoms with E-state index in [1.54, 1.807) is 0 Å². The Morgan fingerprint density at radius 1 is 0.909 bits per heavy atom. The lowest BCUT2D eigenvalue weighted by Crippen LogP contribution is -2.18. The molecule has 1 atom stereocenters. The minimum atomic E-state index is -0.338. The number of H-pyrrole nitrogens is 1. The number of nitrogens with one attached hydrogen (secondary N) is 1. The molecule has 0 radical (unpaired) electrons. The monoisotopic (exact) mass is 606 g/mol. The van der Waals surface area contributed by atoms with E-state index in [4.69, 9.17) is 16.3 Å². The van der Waals surface area contributed by atoms with Crippen LogP contribution in [0.3, 0.4) is 0 Å². The second-order valence-corrected chi connectivity index (χ2v) is 11.8. The number of tetrazole rings is 1. The molecular weight excluding hydrogens is 575 g/mol. The Balaban J connectivity index is 1.29. The maximum Gasteiger partial charge on any atom is 0.197 e. The molecule has 1 N–H and O–H groups in total. The van der Waals surface area contributed by atoms with Gasteiger partial charge in [0, 0.05) is 18.4 Å². The molecule has 0 spiro atoms. The molecule has 1 aliphatic heterocycles. The van der Waals surface area contributed by atoms with Crippen molar-refractivity contribution in [2.45, 2.75) is 44.8 Å². The molecule has 3 heterocycles. The average Bonchev–Trinajstić information content (AvgIpc) is 3.74. The van der Waals surface area contributed by atoms with Crippen LogP contribution < -0.4 is 0 Å². The number of halogens is 2. The summed E-state index contributed by atoms with van der Waals surface area (Å²) in [5, 5.41) is 19.1. The molecular formula is C35H32ClFN6O. The number of hydrogen-bond donors (Lipinski definition) is 1. The van der Waals surface area contributed by atoms with Crippen molar-refractivity contribution in [2.75, 3.05) is 6.61 Å². The maximum absolute atomic E-state index is 14.2. The first-order valence-electron chi connectivity index (χ1n) is 15.1. The first kappa shape index (κ1) is 28.4. The summed E-state index contributed by atoms with van der Waals surface area (Å²) >= 11 is 6.73. The third-order valence-corrected chi connectivity index (χ3v) is 8.86. The lowest BCUT2D eigenvalue weighted by Gasteiger charge is -2.32. The fourth-order valence-corrected chi connectivity index (χ4v) is 6.29. The normalized spacial score (nSPS) is 17.9. The summed E-state index contributed by atoms with van der Waals surface area (Å²) in [7, 11) is 0. The molecule has 9 heteroatoms. The number of aromatic nitrogens is 6. The van der Waals surface area contributed by atoms with Crippen LogP contribution in [0.2, 0.25) is 5.02 Å². The number of nitrogens with zero attached hydrogens (tertiary/aromatic N) is 5. The Kier molecular flexibility index (Phi) is 8.18. The maximum atomic E-state index is 14.2. The number of rotatable bonds is 8. The Hall–Kier alpha value is -4.40. The van der Waals surface area contributed by atoms with Crippen LogP contribution in [-0.2, 0) is 4.74 Å². The predicted octanol–water partition coefficient (Wildman–Crippen LogP) is 8.48. The lowest BCUT2D eigenvalue weighted by molar-refractivity contribution is -0.0394. The van der Waals surface area contributed by atoms with Crippen molar-refractivity contribution in [3.8, 4) is 11.1 Å². The second kappa shape index (κ2) is 12.7. The van der Waals surface area contributed by atoms with E-state index in [1.807, 2.05) is 29.1 Å². The second-order valence-electron chi connectivity index (χ2n) is 11.4. The summed E-state index contributed by atoms with van der Waals surface area (Å²) in [6.07, 6.45) is 14.3. The van der Waals surface area contributed by atoms with Crippen LogP contribution in [0.15, 0.2) is 79.1 Å². The fraction of sp³-hybridized carbons (Fsp3) is 0.257. The Labute approximate surface area is 260 Å². The number of hydrogen-bond acceptors (Lipinski definition) is 5. The van der Waals surface area contributed by atoms with Crippen LogP contribution in [0.25, 0.3) is 34.4 Å². The van der Waals surface area contributed by atoms with E-state index in [1.165, 1.54) is 12.1 Å². The molecule has 2 fully saturated rings. The van der Waals surface area contributed by atoms with E-state index in [0.29, 0.717) is 16.8 Å². The SMILES string of the molecule is Fc1ccc(C(=C(c2ccc(C=Cc3nn[nH]n3)cc2)c2ccc(-c3cnn(C4CCCCO4)c3)cc2)C2CCC2)c(Cl)c1. The summed E-state index contributed by atoms with van der Waals surface area (Å²) in [6.45, 7) is 0.779. The summed E-state index contributed by atoms with van der Waals surface area (Å²) in [5.41, 5.74) is 8.44. The summed E-state index contributed by atoms with van der Waals surface area (Å²) in [5.74, 6) is 0.512. The van der Waals surface area contributed by atoms with Crippen molar-refractivity contribution in [3.05, 3.63) is 118 Å². The molecule has 1 saturated carbocycles. The molecule has 44 heavy (non-hydrogen) atoms. The van der Waals surface area contributed by atoms with Crippen LogP contribution in [0.4, 0.5) is 4.39 Å². The molecule has 3 aromatic carbocycles. The van der Waals surface area contributed by atoms with Crippen LogP contribution in [-0.4, -0.2) is 37.0 Å². The standard InChI is InChI=1S/C35H32ClFN6O/c36-31-20-29(37)16-17-30(31)35(25-4-3-5-25)34(26-10-7-23(8-11-26)9-18-32-39-41-42-40-32)27-14-12-24(13-15-27)28-21-38-43(22-28)33-6-1-2-19-44-33/h7-18,20-22,25,33H,1-6,19H2,(H,39,40,41,42). The highest BCUT2D eigenvalue weighted by molar-refractivity contribution is 6.32. The van der Waals surface area contributed by atoms with Crippen LogP contribution in [0, 0.1) is 11.7 Å². The minimum absolute atomic E-state index is 0.00170. The lowest BCUT2D eigenvalue weighted by atomic mass is 9.73. The molecule has 1 unspecified atom stereocenters. The van der Waals surface area contributed by atoms with Crippen molar-refractivity contribution in [1.82, 2.24) is 30.4 Å². The third kappa shape index (κ3) is 6.00. The van der Waals surface area contributed by atoms with Gasteiger partial charge in [0.2, 0.25) is 0 Å². The van der Waals surface area contributed by atoms with Gasteiger partial charge < -0.3 is 4.74 Å². The van der Waals surface area contributed by atoms with Crippen LogP contribution in [0.1, 0.15) is 72.8 Å². The molecule has 1 aliphatic carbocycles. The highest BCUT2D eigenvalue weighted by Gasteiger charge is 2.28. The number of aromatic amines is 1. The van der Waals surface area contributed by atoms with Gasteiger partial charge in [-0.25, -0.2) is 9.07 Å². The Bertz CT molecular complexity index is 1780. The predicted molar refractivity (Wildman–Crippen MR) is 171 cm³/mol. The van der Waals surface area contributed by atoms with Gasteiger partial charge >= 0.3 is 0 Å². The zero-order valence-electron chi connectivity index (χ0n) is 24.2. The van der Waals surface area contributed by atoms with Gasteiger partial charge in [-0.3, -0.25) is 0 Å². The first-order chi connectivity index (χ1) is 21.6. The van der Waals surface area contributed by atoms with Gasteiger partial charge in [-0.15, -0.1) is 10.2 Å². The molecule has 7 rings (SSSR count). The van der Waals surface area contributed by atoms with Crippen molar-refractivity contribution < 1.29 is 9.13 Å². The van der Waals surface area contributed by atoms with Gasteiger partial charge in [-0.1, -0.05) is 78.7 Å². The average molecular weight is 607 g/mol. The molecule has 222 valence electrons. The van der Waals surface area contributed by atoms with Gasteiger partial charge in [0.1, 0.15) is 12.0 Å². The first-order valence-corrected chi connectivity index (χ1v) is 15.5. The van der Waals surface area contributed by atoms with Gasteiger partial charge in [0.05, 0.1) is 11.2 Å².